The molecule has 2 fully saturated rings. The average molecular weight is 273 g/mol. The first kappa shape index (κ1) is 13.1. The molecule has 1 aromatic rings. The molecule has 20 heavy (non-hydrogen) atoms. The van der Waals surface area contributed by atoms with Crippen LogP contribution in [-0.2, 0) is 16.1 Å². The molecule has 1 saturated heterocycles. The zero-order valence-electron chi connectivity index (χ0n) is 11.6. The lowest BCUT2D eigenvalue weighted by molar-refractivity contribution is -0.134. The van der Waals surface area contributed by atoms with E-state index < -0.39 is 0 Å². The number of nitrogens with zero attached hydrogens (tertiary/aromatic N) is 2. The third-order valence-corrected chi connectivity index (χ3v) is 4.05. The normalized spacial score (nSPS) is 23.4. The SMILES string of the molecule is Cc1cccnc1CN1CCC(=O)NC(C2CC2)C1=O. The predicted molar refractivity (Wildman–Crippen MR) is 73.7 cm³/mol. The molecule has 0 spiro atoms. The Balaban J connectivity index is 1.79. The van der Waals surface area contributed by atoms with Crippen molar-refractivity contribution in [2.75, 3.05) is 6.54 Å². The van der Waals surface area contributed by atoms with Crippen LogP contribution >= 0.6 is 0 Å². The molecule has 2 aliphatic rings. The number of hydrogen-bond acceptors (Lipinski definition) is 3. The largest absolute Gasteiger partial charge is 0.344 e. The molecule has 1 aromatic heterocycles. The summed E-state index contributed by atoms with van der Waals surface area (Å²) in [5.41, 5.74) is 1.98. The van der Waals surface area contributed by atoms with Crippen LogP contribution in [0, 0.1) is 12.8 Å². The minimum atomic E-state index is -0.325. The topological polar surface area (TPSA) is 62.3 Å². The molecule has 5 nitrogen and oxygen atoms in total. The van der Waals surface area contributed by atoms with Crippen molar-refractivity contribution >= 4 is 11.8 Å². The molecule has 2 amide bonds. The third kappa shape index (κ3) is 2.66. The van der Waals surface area contributed by atoms with E-state index in [1.807, 2.05) is 19.1 Å². The molecular formula is C15H19N3O2. The van der Waals surface area contributed by atoms with E-state index in [1.165, 1.54) is 0 Å². The maximum atomic E-state index is 12.6. The summed E-state index contributed by atoms with van der Waals surface area (Å²) in [5.74, 6) is 0.357. The number of carbonyl (C=O) groups excluding carboxylic acids is 2. The van der Waals surface area contributed by atoms with E-state index >= 15 is 0 Å². The Morgan fingerprint density at radius 2 is 2.20 bits per heavy atom. The number of carbonyl (C=O) groups is 2. The van der Waals surface area contributed by atoms with E-state index in [0.717, 1.165) is 24.1 Å². The molecule has 1 aliphatic heterocycles. The Labute approximate surface area is 118 Å². The second kappa shape index (κ2) is 5.23. The van der Waals surface area contributed by atoms with Crippen LogP contribution < -0.4 is 5.32 Å². The van der Waals surface area contributed by atoms with Gasteiger partial charge < -0.3 is 10.2 Å². The molecule has 0 radical (unpaired) electrons. The van der Waals surface area contributed by atoms with Gasteiger partial charge in [-0.25, -0.2) is 0 Å². The lowest BCUT2D eigenvalue weighted by Gasteiger charge is -2.24. The van der Waals surface area contributed by atoms with Crippen LogP contribution in [0.1, 0.15) is 30.5 Å². The summed E-state index contributed by atoms with van der Waals surface area (Å²) in [4.78, 5) is 30.4. The molecule has 1 saturated carbocycles. The lowest BCUT2D eigenvalue weighted by Crippen LogP contribution is -2.45. The number of amides is 2. The van der Waals surface area contributed by atoms with Gasteiger partial charge in [-0.15, -0.1) is 0 Å². The maximum absolute atomic E-state index is 12.6. The zero-order chi connectivity index (χ0) is 14.1. The van der Waals surface area contributed by atoms with Crippen molar-refractivity contribution in [3.05, 3.63) is 29.6 Å². The maximum Gasteiger partial charge on any atom is 0.245 e. The molecule has 1 unspecified atom stereocenters. The molecule has 0 aromatic carbocycles. The van der Waals surface area contributed by atoms with Crippen molar-refractivity contribution < 1.29 is 9.59 Å². The molecule has 3 rings (SSSR count). The Bertz CT molecular complexity index is 540. The smallest absolute Gasteiger partial charge is 0.245 e. The van der Waals surface area contributed by atoms with Crippen LogP contribution in [0.5, 0.6) is 0 Å². The quantitative estimate of drug-likeness (QED) is 0.894. The van der Waals surface area contributed by atoms with E-state index in [4.69, 9.17) is 0 Å². The van der Waals surface area contributed by atoms with Crippen LogP contribution in [0.15, 0.2) is 18.3 Å². The highest BCUT2D eigenvalue weighted by molar-refractivity contribution is 5.90. The fraction of sp³-hybridized carbons (Fsp3) is 0.533. The highest BCUT2D eigenvalue weighted by Crippen LogP contribution is 2.34. The van der Waals surface area contributed by atoms with E-state index in [1.54, 1.807) is 11.1 Å². The van der Waals surface area contributed by atoms with Gasteiger partial charge in [0.15, 0.2) is 0 Å². The number of pyridine rings is 1. The molecule has 106 valence electrons. The number of rotatable bonds is 3. The monoisotopic (exact) mass is 273 g/mol. The van der Waals surface area contributed by atoms with Gasteiger partial charge in [0.2, 0.25) is 11.8 Å². The van der Waals surface area contributed by atoms with E-state index in [2.05, 4.69) is 10.3 Å². The van der Waals surface area contributed by atoms with Gasteiger partial charge >= 0.3 is 0 Å². The van der Waals surface area contributed by atoms with Gasteiger partial charge in [-0.05, 0) is 37.3 Å². The molecule has 1 aliphatic carbocycles. The molecule has 0 bridgehead atoms. The Hall–Kier alpha value is -1.91. The zero-order valence-corrected chi connectivity index (χ0v) is 11.6. The van der Waals surface area contributed by atoms with Gasteiger partial charge in [0.25, 0.3) is 0 Å². The number of nitrogens with one attached hydrogen (secondary N) is 1. The van der Waals surface area contributed by atoms with Crippen LogP contribution in [-0.4, -0.2) is 34.3 Å². The summed E-state index contributed by atoms with van der Waals surface area (Å²) in [6.45, 7) is 2.96. The lowest BCUT2D eigenvalue weighted by atomic mass is 10.1. The molecular weight excluding hydrogens is 254 g/mol. The Morgan fingerprint density at radius 3 is 2.90 bits per heavy atom. The number of hydrogen-bond donors (Lipinski definition) is 1. The summed E-state index contributed by atoms with van der Waals surface area (Å²) >= 11 is 0. The molecule has 2 heterocycles. The molecule has 1 N–H and O–H groups in total. The standard InChI is InChI=1S/C15H19N3O2/c1-10-3-2-7-16-12(10)9-18-8-6-13(19)17-14(15(18)20)11-4-5-11/h2-3,7,11,14H,4-6,8-9H2,1H3,(H,17,19). The van der Waals surface area contributed by atoms with Crippen LogP contribution in [0.4, 0.5) is 0 Å². The fourth-order valence-corrected chi connectivity index (χ4v) is 2.62. The first-order valence-corrected chi connectivity index (χ1v) is 7.14. The average Bonchev–Trinajstić information content (AvgIpc) is 3.26. The predicted octanol–water partition coefficient (Wildman–Crippen LogP) is 1.02. The summed E-state index contributed by atoms with van der Waals surface area (Å²) < 4.78 is 0. The summed E-state index contributed by atoms with van der Waals surface area (Å²) in [7, 11) is 0. The minimum absolute atomic E-state index is 0.0181. The van der Waals surface area contributed by atoms with E-state index in [0.29, 0.717) is 25.4 Å². The van der Waals surface area contributed by atoms with Crippen LogP contribution in [0.2, 0.25) is 0 Å². The van der Waals surface area contributed by atoms with Gasteiger partial charge in [0, 0.05) is 19.2 Å². The van der Waals surface area contributed by atoms with E-state index in [-0.39, 0.29) is 17.9 Å². The molecule has 5 heteroatoms. The second-order valence-corrected chi connectivity index (χ2v) is 5.66. The fourth-order valence-electron chi connectivity index (χ4n) is 2.62. The van der Waals surface area contributed by atoms with Crippen LogP contribution in [0.25, 0.3) is 0 Å². The summed E-state index contributed by atoms with van der Waals surface area (Å²) in [6, 6.07) is 3.56. The van der Waals surface area contributed by atoms with E-state index in [9.17, 15) is 9.59 Å². The van der Waals surface area contributed by atoms with Crippen molar-refractivity contribution in [3.63, 3.8) is 0 Å². The van der Waals surface area contributed by atoms with Crippen molar-refractivity contribution in [2.45, 2.75) is 38.8 Å². The van der Waals surface area contributed by atoms with Gasteiger partial charge in [-0.3, -0.25) is 14.6 Å². The minimum Gasteiger partial charge on any atom is -0.344 e. The Kier molecular flexibility index (Phi) is 3.42. The van der Waals surface area contributed by atoms with Gasteiger partial charge in [0.1, 0.15) is 6.04 Å². The van der Waals surface area contributed by atoms with Crippen LogP contribution in [0.3, 0.4) is 0 Å². The summed E-state index contributed by atoms with van der Waals surface area (Å²) in [5, 5.41) is 2.87. The number of aromatic nitrogens is 1. The Morgan fingerprint density at radius 1 is 1.40 bits per heavy atom. The molecule has 1 atom stereocenters. The first-order chi connectivity index (χ1) is 9.65. The van der Waals surface area contributed by atoms with Crippen molar-refractivity contribution in [2.24, 2.45) is 5.92 Å². The van der Waals surface area contributed by atoms with Crippen molar-refractivity contribution in [1.82, 2.24) is 15.2 Å². The van der Waals surface area contributed by atoms with Crippen molar-refractivity contribution in [1.29, 1.82) is 0 Å². The summed E-state index contributed by atoms with van der Waals surface area (Å²) in [6.07, 6.45) is 4.19. The highest BCUT2D eigenvalue weighted by Gasteiger charge is 2.40. The first-order valence-electron chi connectivity index (χ1n) is 7.14. The van der Waals surface area contributed by atoms with Gasteiger partial charge in [-0.2, -0.15) is 0 Å². The third-order valence-electron chi connectivity index (χ3n) is 4.05. The second-order valence-electron chi connectivity index (χ2n) is 5.66. The number of aryl methyl sites for hydroxylation is 1. The van der Waals surface area contributed by atoms with Crippen molar-refractivity contribution in [3.8, 4) is 0 Å². The highest BCUT2D eigenvalue weighted by atomic mass is 16.2. The van der Waals surface area contributed by atoms with Gasteiger partial charge in [0.05, 0.1) is 12.2 Å². The van der Waals surface area contributed by atoms with Gasteiger partial charge in [-0.1, -0.05) is 6.07 Å².